The van der Waals surface area contributed by atoms with Crippen molar-refractivity contribution >= 4 is 0 Å². The molecule has 2 atom stereocenters. The van der Waals surface area contributed by atoms with Crippen LogP contribution in [0.5, 0.6) is 0 Å². The Kier molecular flexibility index (Phi) is 3.61. The van der Waals surface area contributed by atoms with Gasteiger partial charge in [0.25, 0.3) is 0 Å². The summed E-state index contributed by atoms with van der Waals surface area (Å²) in [7, 11) is 1.81. The van der Waals surface area contributed by atoms with Crippen molar-refractivity contribution in [3.05, 3.63) is 0 Å². The van der Waals surface area contributed by atoms with Gasteiger partial charge in [0.1, 0.15) is 0 Å². The first-order valence-electron chi connectivity index (χ1n) is 5.91. The summed E-state index contributed by atoms with van der Waals surface area (Å²) in [6, 6.07) is 0.243. The molecule has 2 rings (SSSR count). The highest BCUT2D eigenvalue weighted by Crippen LogP contribution is 2.39. The van der Waals surface area contributed by atoms with Crippen LogP contribution >= 0.6 is 0 Å². The highest BCUT2D eigenvalue weighted by Gasteiger charge is 2.45. The molecule has 88 valence electrons. The molecule has 0 aromatic rings. The van der Waals surface area contributed by atoms with E-state index < -0.39 is 0 Å². The van der Waals surface area contributed by atoms with E-state index in [1.54, 1.807) is 0 Å². The highest BCUT2D eigenvalue weighted by molar-refractivity contribution is 4.99. The standard InChI is InChI=1S/C11H22N2O2/c1-14-11(5-2-3-6-11)10(13-12)9-4-7-15-8-9/h9-10,13H,2-8,12H2,1H3. The lowest BCUT2D eigenvalue weighted by Gasteiger charge is -2.39. The van der Waals surface area contributed by atoms with Gasteiger partial charge in [-0.1, -0.05) is 12.8 Å². The van der Waals surface area contributed by atoms with Gasteiger partial charge in [-0.2, -0.15) is 0 Å². The van der Waals surface area contributed by atoms with Crippen LogP contribution in [0.15, 0.2) is 0 Å². The van der Waals surface area contributed by atoms with Gasteiger partial charge in [0, 0.05) is 19.6 Å². The normalized spacial score (nSPS) is 32.0. The van der Waals surface area contributed by atoms with Gasteiger partial charge >= 0.3 is 0 Å². The molecule has 1 saturated carbocycles. The first-order valence-corrected chi connectivity index (χ1v) is 5.91. The Labute approximate surface area is 91.5 Å². The Morgan fingerprint density at radius 1 is 1.47 bits per heavy atom. The highest BCUT2D eigenvalue weighted by atomic mass is 16.5. The molecule has 0 bridgehead atoms. The number of rotatable bonds is 4. The van der Waals surface area contributed by atoms with E-state index in [2.05, 4.69) is 5.43 Å². The Bertz CT molecular complexity index is 199. The van der Waals surface area contributed by atoms with Crippen molar-refractivity contribution in [3.63, 3.8) is 0 Å². The fraction of sp³-hybridized carbons (Fsp3) is 1.00. The zero-order valence-corrected chi connectivity index (χ0v) is 9.50. The average molecular weight is 214 g/mol. The Hall–Kier alpha value is -0.160. The number of nitrogens with one attached hydrogen (secondary N) is 1. The smallest absolute Gasteiger partial charge is 0.0848 e. The van der Waals surface area contributed by atoms with Crippen LogP contribution in [-0.4, -0.2) is 32.0 Å². The monoisotopic (exact) mass is 214 g/mol. The molecule has 4 heteroatoms. The van der Waals surface area contributed by atoms with Crippen LogP contribution in [0.2, 0.25) is 0 Å². The largest absolute Gasteiger partial charge is 0.381 e. The summed E-state index contributed by atoms with van der Waals surface area (Å²) < 4.78 is 11.2. The molecule has 2 fully saturated rings. The molecule has 2 unspecified atom stereocenters. The molecule has 0 radical (unpaired) electrons. The van der Waals surface area contributed by atoms with Crippen LogP contribution in [0.25, 0.3) is 0 Å². The Morgan fingerprint density at radius 2 is 2.20 bits per heavy atom. The molecule has 0 aromatic carbocycles. The molecule has 3 N–H and O–H groups in total. The number of ether oxygens (including phenoxy) is 2. The summed E-state index contributed by atoms with van der Waals surface area (Å²) in [4.78, 5) is 0. The van der Waals surface area contributed by atoms with Crippen molar-refractivity contribution in [3.8, 4) is 0 Å². The lowest BCUT2D eigenvalue weighted by Crippen LogP contribution is -2.57. The van der Waals surface area contributed by atoms with Crippen molar-refractivity contribution in [2.75, 3.05) is 20.3 Å². The summed E-state index contributed by atoms with van der Waals surface area (Å²) in [5, 5.41) is 0. The predicted octanol–water partition coefficient (Wildman–Crippen LogP) is 0.814. The van der Waals surface area contributed by atoms with Gasteiger partial charge in [0.2, 0.25) is 0 Å². The summed E-state index contributed by atoms with van der Waals surface area (Å²) in [6.07, 6.45) is 5.84. The van der Waals surface area contributed by atoms with Crippen molar-refractivity contribution in [1.82, 2.24) is 5.43 Å². The molecular weight excluding hydrogens is 192 g/mol. The van der Waals surface area contributed by atoms with Crippen LogP contribution in [0.3, 0.4) is 0 Å². The van der Waals surface area contributed by atoms with E-state index in [0.717, 1.165) is 32.5 Å². The maximum Gasteiger partial charge on any atom is 0.0848 e. The van der Waals surface area contributed by atoms with Gasteiger partial charge in [-0.05, 0) is 19.3 Å². The fourth-order valence-corrected chi connectivity index (χ4v) is 3.15. The Balaban J connectivity index is 2.08. The maximum atomic E-state index is 5.77. The molecule has 0 amide bonds. The molecule has 15 heavy (non-hydrogen) atoms. The van der Waals surface area contributed by atoms with Gasteiger partial charge in [0.05, 0.1) is 18.2 Å². The van der Waals surface area contributed by atoms with Crippen molar-refractivity contribution in [2.24, 2.45) is 11.8 Å². The first-order chi connectivity index (χ1) is 7.32. The van der Waals surface area contributed by atoms with E-state index in [4.69, 9.17) is 15.3 Å². The van der Waals surface area contributed by atoms with E-state index in [1.807, 2.05) is 7.11 Å². The minimum atomic E-state index is -0.0485. The van der Waals surface area contributed by atoms with E-state index in [-0.39, 0.29) is 11.6 Å². The van der Waals surface area contributed by atoms with Gasteiger partial charge in [-0.15, -0.1) is 0 Å². The molecule has 0 spiro atoms. The predicted molar refractivity (Wildman–Crippen MR) is 58.2 cm³/mol. The van der Waals surface area contributed by atoms with E-state index in [0.29, 0.717) is 5.92 Å². The molecule has 1 saturated heterocycles. The summed E-state index contributed by atoms with van der Waals surface area (Å²) in [5.74, 6) is 6.22. The van der Waals surface area contributed by atoms with E-state index in [9.17, 15) is 0 Å². The molecule has 2 aliphatic rings. The lowest BCUT2D eigenvalue weighted by molar-refractivity contribution is -0.0527. The maximum absolute atomic E-state index is 5.77. The minimum absolute atomic E-state index is 0.0485. The van der Waals surface area contributed by atoms with Gasteiger partial charge in [0.15, 0.2) is 0 Å². The molecule has 1 aliphatic carbocycles. The minimum Gasteiger partial charge on any atom is -0.381 e. The second-order valence-corrected chi connectivity index (χ2v) is 4.74. The number of methoxy groups -OCH3 is 1. The number of nitrogens with two attached hydrogens (primary N) is 1. The van der Waals surface area contributed by atoms with Crippen molar-refractivity contribution < 1.29 is 9.47 Å². The summed E-state index contributed by atoms with van der Waals surface area (Å²) >= 11 is 0. The van der Waals surface area contributed by atoms with Crippen LogP contribution in [0.4, 0.5) is 0 Å². The van der Waals surface area contributed by atoms with Gasteiger partial charge < -0.3 is 9.47 Å². The average Bonchev–Trinajstić information content (AvgIpc) is 2.90. The fourth-order valence-electron chi connectivity index (χ4n) is 3.15. The van der Waals surface area contributed by atoms with Crippen LogP contribution in [-0.2, 0) is 9.47 Å². The second kappa shape index (κ2) is 4.78. The Morgan fingerprint density at radius 3 is 2.67 bits per heavy atom. The quantitative estimate of drug-likeness (QED) is 0.537. The summed E-state index contributed by atoms with van der Waals surface area (Å²) in [6.45, 7) is 1.68. The van der Waals surface area contributed by atoms with Crippen LogP contribution < -0.4 is 11.3 Å². The molecule has 4 nitrogen and oxygen atoms in total. The van der Waals surface area contributed by atoms with E-state index in [1.165, 1.54) is 12.8 Å². The second-order valence-electron chi connectivity index (χ2n) is 4.74. The van der Waals surface area contributed by atoms with Crippen LogP contribution in [0, 0.1) is 5.92 Å². The zero-order valence-electron chi connectivity index (χ0n) is 9.50. The number of hydrogen-bond acceptors (Lipinski definition) is 4. The molecule has 1 heterocycles. The lowest BCUT2D eigenvalue weighted by atomic mass is 9.83. The molecule has 1 aliphatic heterocycles. The zero-order chi connectivity index (χ0) is 10.7. The van der Waals surface area contributed by atoms with E-state index >= 15 is 0 Å². The van der Waals surface area contributed by atoms with Gasteiger partial charge in [-0.3, -0.25) is 11.3 Å². The number of hydrogen-bond donors (Lipinski definition) is 2. The third kappa shape index (κ3) is 2.04. The topological polar surface area (TPSA) is 56.5 Å². The van der Waals surface area contributed by atoms with Gasteiger partial charge in [-0.25, -0.2) is 0 Å². The van der Waals surface area contributed by atoms with Crippen LogP contribution in [0.1, 0.15) is 32.1 Å². The van der Waals surface area contributed by atoms with Crippen molar-refractivity contribution in [1.29, 1.82) is 0 Å². The molecule has 0 aromatic heterocycles. The summed E-state index contributed by atoms with van der Waals surface area (Å²) in [5.41, 5.74) is 2.92. The molecular formula is C11H22N2O2. The third-order valence-electron chi connectivity index (χ3n) is 4.04. The SMILES string of the molecule is COC1(C(NN)C2CCOC2)CCCC1. The number of hydrazine groups is 1. The third-order valence-corrected chi connectivity index (χ3v) is 4.04. The first kappa shape index (κ1) is 11.3. The van der Waals surface area contributed by atoms with Crippen molar-refractivity contribution in [2.45, 2.75) is 43.7 Å².